The molecular formula is C13H15Cl3N2O3. The Hall–Kier alpha value is -1.01. The first-order valence-electron chi connectivity index (χ1n) is 6.25. The van der Waals surface area contributed by atoms with Gasteiger partial charge in [-0.2, -0.15) is 0 Å². The van der Waals surface area contributed by atoms with E-state index in [1.165, 1.54) is 12.1 Å². The summed E-state index contributed by atoms with van der Waals surface area (Å²) < 4.78 is 0. The molecule has 1 aromatic rings. The summed E-state index contributed by atoms with van der Waals surface area (Å²) in [5, 5.41) is 14.9. The van der Waals surface area contributed by atoms with E-state index in [1.807, 2.05) is 6.92 Å². The molecule has 1 rings (SSSR count). The topological polar surface area (TPSA) is 78.4 Å². The molecule has 0 bridgehead atoms. The number of amides is 1. The van der Waals surface area contributed by atoms with Crippen molar-refractivity contribution < 1.29 is 14.7 Å². The van der Waals surface area contributed by atoms with Crippen molar-refractivity contribution in [1.82, 2.24) is 5.32 Å². The Morgan fingerprint density at radius 1 is 1.24 bits per heavy atom. The predicted molar refractivity (Wildman–Crippen MR) is 84.4 cm³/mol. The van der Waals surface area contributed by atoms with Gasteiger partial charge >= 0.3 is 5.97 Å². The van der Waals surface area contributed by atoms with Crippen LogP contribution in [0, 0.1) is 0 Å². The van der Waals surface area contributed by atoms with Gasteiger partial charge in [-0.3, -0.25) is 14.9 Å². The van der Waals surface area contributed by atoms with E-state index < -0.39 is 17.9 Å². The minimum atomic E-state index is -0.993. The number of hydrogen-bond donors (Lipinski definition) is 3. The first-order valence-corrected chi connectivity index (χ1v) is 7.39. The second-order valence-electron chi connectivity index (χ2n) is 4.35. The molecule has 5 nitrogen and oxygen atoms in total. The van der Waals surface area contributed by atoms with Crippen molar-refractivity contribution in [3.8, 4) is 0 Å². The molecule has 8 heteroatoms. The van der Waals surface area contributed by atoms with Crippen molar-refractivity contribution in [1.29, 1.82) is 0 Å². The lowest BCUT2D eigenvalue weighted by atomic mass is 10.2. The van der Waals surface area contributed by atoms with Crippen LogP contribution in [0.25, 0.3) is 0 Å². The molecule has 3 N–H and O–H groups in total. The molecule has 0 spiro atoms. The van der Waals surface area contributed by atoms with Gasteiger partial charge in [-0.15, -0.1) is 0 Å². The quantitative estimate of drug-likeness (QED) is 0.702. The van der Waals surface area contributed by atoms with Crippen molar-refractivity contribution >= 4 is 52.4 Å². The average molecular weight is 354 g/mol. The number of rotatable bonds is 7. The lowest BCUT2D eigenvalue weighted by molar-refractivity contribution is -0.139. The van der Waals surface area contributed by atoms with E-state index in [4.69, 9.17) is 39.9 Å². The van der Waals surface area contributed by atoms with Gasteiger partial charge in [0.25, 0.3) is 0 Å². The molecule has 0 aliphatic carbocycles. The molecule has 1 amide bonds. The lowest BCUT2D eigenvalue weighted by Gasteiger charge is -2.14. The average Bonchev–Trinajstić information content (AvgIpc) is 2.38. The van der Waals surface area contributed by atoms with Crippen LogP contribution in [-0.2, 0) is 9.59 Å². The summed E-state index contributed by atoms with van der Waals surface area (Å²) >= 11 is 17.7. The van der Waals surface area contributed by atoms with Crippen LogP contribution in [0.5, 0.6) is 0 Å². The Labute approximate surface area is 137 Å². The largest absolute Gasteiger partial charge is 0.480 e. The van der Waals surface area contributed by atoms with Crippen LogP contribution < -0.4 is 10.6 Å². The third-order valence-corrected chi connectivity index (χ3v) is 3.47. The monoisotopic (exact) mass is 352 g/mol. The van der Waals surface area contributed by atoms with E-state index >= 15 is 0 Å². The number of carbonyl (C=O) groups is 2. The van der Waals surface area contributed by atoms with E-state index in [-0.39, 0.29) is 22.3 Å². The van der Waals surface area contributed by atoms with Gasteiger partial charge in [-0.25, -0.2) is 0 Å². The van der Waals surface area contributed by atoms with Crippen LogP contribution in [-0.4, -0.2) is 29.6 Å². The molecule has 21 heavy (non-hydrogen) atoms. The van der Waals surface area contributed by atoms with Crippen LogP contribution in [0.3, 0.4) is 0 Å². The number of benzene rings is 1. The molecule has 0 saturated carbocycles. The van der Waals surface area contributed by atoms with Crippen molar-refractivity contribution in [3.05, 3.63) is 27.2 Å². The summed E-state index contributed by atoms with van der Waals surface area (Å²) in [4.78, 5) is 22.8. The van der Waals surface area contributed by atoms with Crippen LogP contribution in [0.4, 0.5) is 5.69 Å². The lowest BCUT2D eigenvalue weighted by Crippen LogP contribution is -2.41. The van der Waals surface area contributed by atoms with Crippen LogP contribution >= 0.6 is 34.8 Å². The van der Waals surface area contributed by atoms with Gasteiger partial charge in [-0.05, 0) is 18.6 Å². The fourth-order valence-electron chi connectivity index (χ4n) is 1.66. The molecule has 0 aromatic heterocycles. The van der Waals surface area contributed by atoms with E-state index in [0.29, 0.717) is 17.9 Å². The predicted octanol–water partition coefficient (Wildman–Crippen LogP) is 3.43. The number of anilines is 1. The summed E-state index contributed by atoms with van der Waals surface area (Å²) in [6, 6.07) is 2.14. The maximum Gasteiger partial charge on any atom is 0.320 e. The molecule has 1 unspecified atom stereocenters. The third kappa shape index (κ3) is 5.71. The van der Waals surface area contributed by atoms with Gasteiger partial charge in [0, 0.05) is 5.02 Å². The number of nitrogens with one attached hydrogen (secondary N) is 2. The second kappa shape index (κ2) is 8.44. The molecule has 116 valence electrons. The molecule has 1 aromatic carbocycles. The van der Waals surface area contributed by atoms with Crippen LogP contribution in [0.15, 0.2) is 12.1 Å². The zero-order valence-electron chi connectivity index (χ0n) is 11.3. The first-order chi connectivity index (χ1) is 9.85. The SMILES string of the molecule is CCCC(NCC(=O)Nc1c(Cl)cc(Cl)cc1Cl)C(=O)O. The van der Waals surface area contributed by atoms with Crippen molar-refractivity contribution in [2.45, 2.75) is 25.8 Å². The number of carboxylic acid groups (broad SMARTS) is 1. The van der Waals surface area contributed by atoms with Gasteiger partial charge < -0.3 is 10.4 Å². The van der Waals surface area contributed by atoms with Crippen molar-refractivity contribution in [2.24, 2.45) is 0 Å². The minimum Gasteiger partial charge on any atom is -0.480 e. The molecule has 0 heterocycles. The number of carbonyl (C=O) groups excluding carboxylic acids is 1. The standard InChI is InChI=1S/C13H15Cl3N2O3/c1-2-3-10(13(20)21)17-6-11(19)18-12-8(15)4-7(14)5-9(12)16/h4-5,10,17H,2-3,6H2,1H3,(H,18,19)(H,20,21). The van der Waals surface area contributed by atoms with Crippen molar-refractivity contribution in [3.63, 3.8) is 0 Å². The van der Waals surface area contributed by atoms with Gasteiger partial charge in [0.15, 0.2) is 0 Å². The Kier molecular flexibility index (Phi) is 7.25. The molecule has 0 saturated heterocycles. The highest BCUT2D eigenvalue weighted by molar-refractivity contribution is 6.42. The molecular weight excluding hydrogens is 339 g/mol. The van der Waals surface area contributed by atoms with Crippen molar-refractivity contribution in [2.75, 3.05) is 11.9 Å². The molecule has 0 aliphatic rings. The second-order valence-corrected chi connectivity index (χ2v) is 5.60. The first kappa shape index (κ1) is 18.0. The summed E-state index contributed by atoms with van der Waals surface area (Å²) in [6.45, 7) is 1.71. The van der Waals surface area contributed by atoms with Gasteiger partial charge in [0.2, 0.25) is 5.91 Å². The Morgan fingerprint density at radius 3 is 2.29 bits per heavy atom. The minimum absolute atomic E-state index is 0.160. The number of hydrogen-bond acceptors (Lipinski definition) is 3. The smallest absolute Gasteiger partial charge is 0.320 e. The fraction of sp³-hybridized carbons (Fsp3) is 0.385. The fourth-order valence-corrected chi connectivity index (χ4v) is 2.57. The number of halogens is 3. The zero-order valence-corrected chi connectivity index (χ0v) is 13.5. The highest BCUT2D eigenvalue weighted by Gasteiger charge is 2.17. The summed E-state index contributed by atoms with van der Waals surface area (Å²) in [7, 11) is 0. The maximum atomic E-state index is 11.8. The zero-order chi connectivity index (χ0) is 16.0. The van der Waals surface area contributed by atoms with E-state index in [2.05, 4.69) is 10.6 Å². The molecule has 1 atom stereocenters. The summed E-state index contributed by atoms with van der Waals surface area (Å²) in [5.41, 5.74) is 0.247. The Balaban J connectivity index is 2.64. The van der Waals surface area contributed by atoms with E-state index in [0.717, 1.165) is 0 Å². The normalized spacial score (nSPS) is 12.0. The maximum absolute atomic E-state index is 11.8. The number of aliphatic carboxylic acids is 1. The van der Waals surface area contributed by atoms with E-state index in [1.54, 1.807) is 0 Å². The summed E-state index contributed by atoms with van der Waals surface area (Å²) in [6.07, 6.45) is 1.13. The Morgan fingerprint density at radius 2 is 1.81 bits per heavy atom. The van der Waals surface area contributed by atoms with Gasteiger partial charge in [-0.1, -0.05) is 48.1 Å². The molecule has 0 radical (unpaired) electrons. The van der Waals surface area contributed by atoms with Gasteiger partial charge in [0.1, 0.15) is 6.04 Å². The van der Waals surface area contributed by atoms with E-state index in [9.17, 15) is 9.59 Å². The summed E-state index contributed by atoms with van der Waals surface area (Å²) in [5.74, 6) is -1.43. The molecule has 0 fully saturated rings. The molecule has 0 aliphatic heterocycles. The number of carboxylic acids is 1. The van der Waals surface area contributed by atoms with Crippen LogP contribution in [0.2, 0.25) is 15.1 Å². The third-order valence-electron chi connectivity index (χ3n) is 2.66. The highest BCUT2D eigenvalue weighted by Crippen LogP contribution is 2.33. The van der Waals surface area contributed by atoms with Crippen LogP contribution in [0.1, 0.15) is 19.8 Å². The highest BCUT2D eigenvalue weighted by atomic mass is 35.5. The van der Waals surface area contributed by atoms with Gasteiger partial charge in [0.05, 0.1) is 22.3 Å². The Bertz CT molecular complexity index is 514.